The van der Waals surface area contributed by atoms with Crippen molar-refractivity contribution in [1.82, 2.24) is 25.5 Å². The smallest absolute Gasteiger partial charge is 0.329 e. The molecule has 1 atom stereocenters. The number of anilines is 1. The minimum atomic E-state index is -4.13. The summed E-state index contributed by atoms with van der Waals surface area (Å²) in [5.74, 6) is -0.285. The van der Waals surface area contributed by atoms with Crippen LogP contribution in [0, 0.1) is 0 Å². The lowest BCUT2D eigenvalue weighted by molar-refractivity contribution is -0.117. The second kappa shape index (κ2) is 12.6. The van der Waals surface area contributed by atoms with Crippen LogP contribution in [-0.2, 0) is 21.9 Å². The minimum absolute atomic E-state index is 0.248. The number of benzene rings is 3. The Morgan fingerprint density at radius 1 is 1.05 bits per heavy atom. The molecule has 0 saturated carbocycles. The highest BCUT2D eigenvalue weighted by Gasteiger charge is 2.15. The molecule has 4 N–H and O–H groups in total. The number of halogens is 1. The Morgan fingerprint density at radius 2 is 1.82 bits per heavy atom. The van der Waals surface area contributed by atoms with Crippen molar-refractivity contribution in [3.63, 3.8) is 0 Å². The van der Waals surface area contributed by atoms with E-state index in [9.17, 15) is 9.36 Å². The number of nitrogens with zero attached hydrogens (tertiary/aromatic N) is 4. The van der Waals surface area contributed by atoms with E-state index < -0.39 is 7.60 Å². The van der Waals surface area contributed by atoms with Gasteiger partial charge in [-0.15, -0.1) is 5.10 Å². The summed E-state index contributed by atoms with van der Waals surface area (Å²) in [6.07, 6.45) is 4.84. The van der Waals surface area contributed by atoms with Gasteiger partial charge in [0.15, 0.2) is 0 Å². The van der Waals surface area contributed by atoms with E-state index in [1.807, 2.05) is 30.3 Å². The zero-order valence-corrected chi connectivity index (χ0v) is 21.8. The number of hydrogen-bond donors (Lipinski definition) is 4. The zero-order chi connectivity index (χ0) is 27.0. The molecule has 0 radical (unpaired) electrons. The van der Waals surface area contributed by atoms with Crippen LogP contribution in [0.1, 0.15) is 16.7 Å². The van der Waals surface area contributed by atoms with Gasteiger partial charge >= 0.3 is 7.60 Å². The molecule has 4 rings (SSSR count). The van der Waals surface area contributed by atoms with E-state index in [4.69, 9.17) is 21.4 Å². The molecule has 1 amide bonds. The molecule has 10 nitrogen and oxygen atoms in total. The molecule has 0 aliphatic heterocycles. The molecule has 0 aliphatic rings. The van der Waals surface area contributed by atoms with E-state index in [0.29, 0.717) is 34.8 Å². The molecule has 38 heavy (non-hydrogen) atoms. The van der Waals surface area contributed by atoms with Gasteiger partial charge in [-0.2, -0.15) is 4.68 Å². The number of aromatic nitrogens is 4. The van der Waals surface area contributed by atoms with Crippen LogP contribution in [0.15, 0.2) is 85.2 Å². The average Bonchev–Trinajstić information content (AvgIpc) is 3.41. The van der Waals surface area contributed by atoms with Gasteiger partial charge in [0, 0.05) is 28.9 Å². The van der Waals surface area contributed by atoms with Gasteiger partial charge < -0.3 is 20.4 Å². The molecule has 0 bridgehead atoms. The Balaban J connectivity index is 1.45. The predicted octanol–water partition coefficient (Wildman–Crippen LogP) is 3.85. The number of hydrogen-bond acceptors (Lipinski definition) is 6. The summed E-state index contributed by atoms with van der Waals surface area (Å²) in [7, 11) is -4.13. The first-order valence-electron chi connectivity index (χ1n) is 11.7. The molecule has 12 heteroatoms. The van der Waals surface area contributed by atoms with Crippen LogP contribution < -0.4 is 10.6 Å². The highest BCUT2D eigenvalue weighted by molar-refractivity contribution is 7.50. The van der Waals surface area contributed by atoms with E-state index in [1.165, 1.54) is 17.1 Å². The van der Waals surface area contributed by atoms with E-state index in [0.717, 1.165) is 11.3 Å². The fourth-order valence-electron chi connectivity index (χ4n) is 3.83. The largest absolute Gasteiger partial charge is 0.383 e. The van der Waals surface area contributed by atoms with Crippen LogP contribution in [0.3, 0.4) is 0 Å². The summed E-state index contributed by atoms with van der Waals surface area (Å²) in [4.78, 5) is 31.2. The van der Waals surface area contributed by atoms with E-state index >= 15 is 0 Å². The Kier molecular flexibility index (Phi) is 9.04. The Morgan fingerprint density at radius 3 is 2.50 bits per heavy atom. The SMILES string of the molecule is O=C(/C=C/c1cc(Cl)ccc1-n1cnnn1)NC(CNc1ccc(CP(=O)(O)O)cc1)Cc1ccccc1. The summed E-state index contributed by atoms with van der Waals surface area (Å²) in [6, 6.07) is 21.6. The summed E-state index contributed by atoms with van der Waals surface area (Å²) < 4.78 is 12.7. The van der Waals surface area contributed by atoms with Gasteiger partial charge in [-0.25, -0.2) is 0 Å². The molecule has 0 spiro atoms. The lowest BCUT2D eigenvalue weighted by Gasteiger charge is -2.20. The van der Waals surface area contributed by atoms with Gasteiger partial charge in [-0.1, -0.05) is 54.1 Å². The van der Waals surface area contributed by atoms with Crippen molar-refractivity contribution in [1.29, 1.82) is 0 Å². The number of amides is 1. The summed E-state index contributed by atoms with van der Waals surface area (Å²) >= 11 is 6.17. The fourth-order valence-corrected chi connectivity index (χ4v) is 4.70. The van der Waals surface area contributed by atoms with Crippen molar-refractivity contribution in [2.24, 2.45) is 0 Å². The number of carbonyl (C=O) groups excluding carboxylic acids is 1. The highest BCUT2D eigenvalue weighted by Crippen LogP contribution is 2.39. The summed E-state index contributed by atoms with van der Waals surface area (Å²) in [5, 5.41) is 18.1. The molecule has 1 aromatic heterocycles. The molecular formula is C26H26ClN6O4P. The normalized spacial score (nSPS) is 12.4. The third-order valence-corrected chi connectivity index (χ3v) is 6.58. The minimum Gasteiger partial charge on any atom is -0.383 e. The number of carbonyl (C=O) groups is 1. The van der Waals surface area contributed by atoms with Crippen molar-refractivity contribution in [2.45, 2.75) is 18.6 Å². The molecular weight excluding hydrogens is 527 g/mol. The van der Waals surface area contributed by atoms with Crippen LogP contribution >= 0.6 is 19.2 Å². The van der Waals surface area contributed by atoms with Crippen LogP contribution in [-0.4, -0.2) is 48.5 Å². The molecule has 0 saturated heterocycles. The lowest BCUT2D eigenvalue weighted by atomic mass is 10.1. The van der Waals surface area contributed by atoms with Crippen molar-refractivity contribution < 1.29 is 19.1 Å². The first kappa shape index (κ1) is 27.2. The van der Waals surface area contributed by atoms with Crippen LogP contribution in [0.25, 0.3) is 11.8 Å². The van der Waals surface area contributed by atoms with Crippen LogP contribution in [0.2, 0.25) is 5.02 Å². The first-order chi connectivity index (χ1) is 18.2. The zero-order valence-electron chi connectivity index (χ0n) is 20.2. The van der Waals surface area contributed by atoms with Crippen molar-refractivity contribution in [3.8, 4) is 5.69 Å². The third kappa shape index (κ3) is 8.36. The van der Waals surface area contributed by atoms with Gasteiger partial charge in [0.2, 0.25) is 5.91 Å². The molecule has 196 valence electrons. The fraction of sp³-hybridized carbons (Fsp3) is 0.154. The number of tetrazole rings is 1. The molecule has 1 heterocycles. The Hall–Kier alpha value is -3.82. The van der Waals surface area contributed by atoms with Crippen molar-refractivity contribution in [3.05, 3.63) is 107 Å². The van der Waals surface area contributed by atoms with E-state index in [1.54, 1.807) is 48.5 Å². The Labute approximate surface area is 224 Å². The lowest BCUT2D eigenvalue weighted by Crippen LogP contribution is -2.40. The van der Waals surface area contributed by atoms with Gasteiger partial charge in [0.25, 0.3) is 0 Å². The highest BCUT2D eigenvalue weighted by atomic mass is 35.5. The Bertz CT molecular complexity index is 1430. The first-order valence-corrected chi connectivity index (χ1v) is 13.9. The summed E-state index contributed by atoms with van der Waals surface area (Å²) in [6.45, 7) is 0.430. The second-order valence-electron chi connectivity index (χ2n) is 8.59. The maximum Gasteiger partial charge on any atom is 0.329 e. The van der Waals surface area contributed by atoms with E-state index in [2.05, 4.69) is 26.2 Å². The maximum atomic E-state index is 12.9. The van der Waals surface area contributed by atoms with Gasteiger partial charge in [-0.3, -0.25) is 9.36 Å². The van der Waals surface area contributed by atoms with Crippen LogP contribution in [0.5, 0.6) is 0 Å². The van der Waals surface area contributed by atoms with Crippen molar-refractivity contribution in [2.75, 3.05) is 11.9 Å². The van der Waals surface area contributed by atoms with E-state index in [-0.39, 0.29) is 18.1 Å². The van der Waals surface area contributed by atoms with Crippen molar-refractivity contribution >= 4 is 36.9 Å². The number of nitrogens with one attached hydrogen (secondary N) is 2. The topological polar surface area (TPSA) is 142 Å². The predicted molar refractivity (Wildman–Crippen MR) is 146 cm³/mol. The van der Waals surface area contributed by atoms with Gasteiger partial charge in [0.1, 0.15) is 6.33 Å². The third-order valence-electron chi connectivity index (χ3n) is 5.57. The molecule has 3 aromatic carbocycles. The summed E-state index contributed by atoms with van der Waals surface area (Å²) in [5.41, 5.74) is 3.73. The van der Waals surface area contributed by atoms with Crippen LogP contribution in [0.4, 0.5) is 5.69 Å². The standard InChI is InChI=1S/C26H26ClN6O4P/c27-22-9-12-25(33-18-29-31-32-33)21(15-22)8-13-26(34)30-24(14-19-4-2-1-3-5-19)16-28-23-10-6-20(7-11-23)17-38(35,36)37/h1-13,15,18,24,28H,14,16-17H2,(H,30,34)(H2,35,36,37)/b13-8+. The molecule has 0 fully saturated rings. The molecule has 1 unspecified atom stereocenters. The quantitative estimate of drug-likeness (QED) is 0.162. The van der Waals surface area contributed by atoms with Gasteiger partial charge in [-0.05, 0) is 64.4 Å². The molecule has 4 aromatic rings. The average molecular weight is 553 g/mol. The maximum absolute atomic E-state index is 12.9. The second-order valence-corrected chi connectivity index (χ2v) is 10.7. The van der Waals surface area contributed by atoms with Gasteiger partial charge in [0.05, 0.1) is 17.9 Å². The number of rotatable bonds is 11. The molecule has 0 aliphatic carbocycles. The monoisotopic (exact) mass is 552 g/mol.